The summed E-state index contributed by atoms with van der Waals surface area (Å²) in [6, 6.07) is 23.8. The first-order valence-corrected chi connectivity index (χ1v) is 11.8. The average molecular weight is 479 g/mol. The number of rotatable bonds is 10. The van der Waals surface area contributed by atoms with Crippen LogP contribution in [0.3, 0.4) is 0 Å². The third kappa shape index (κ3) is 7.63. The van der Waals surface area contributed by atoms with Crippen LogP contribution in [0.15, 0.2) is 78.9 Å². The standard InChI is InChI=1S/C28H31ClN2O3/c1-20(2)30-28(33)26(17-22-9-5-4-6-10-22)31(18-23-12-14-24(29)15-13-23)27(32)19-34-25-11-7-8-21(3)16-25/h4-16,20,26H,17-19H2,1-3H3,(H,30,33)/t26-/m0/s1. The Labute approximate surface area is 206 Å². The lowest BCUT2D eigenvalue weighted by Crippen LogP contribution is -2.52. The highest BCUT2D eigenvalue weighted by Crippen LogP contribution is 2.18. The molecular weight excluding hydrogens is 448 g/mol. The van der Waals surface area contributed by atoms with Crippen LogP contribution in [0.25, 0.3) is 0 Å². The maximum Gasteiger partial charge on any atom is 0.261 e. The van der Waals surface area contributed by atoms with Crippen molar-refractivity contribution in [1.29, 1.82) is 0 Å². The second kappa shape index (κ2) is 12.2. The van der Waals surface area contributed by atoms with Gasteiger partial charge in [0.25, 0.3) is 5.91 Å². The SMILES string of the molecule is Cc1cccc(OCC(=O)N(Cc2ccc(Cl)cc2)[C@@H](Cc2ccccc2)C(=O)NC(C)C)c1. The van der Waals surface area contributed by atoms with Crippen molar-refractivity contribution in [1.82, 2.24) is 10.2 Å². The van der Waals surface area contributed by atoms with E-state index >= 15 is 0 Å². The first-order chi connectivity index (χ1) is 16.3. The van der Waals surface area contributed by atoms with Gasteiger partial charge in [-0.25, -0.2) is 0 Å². The second-order valence-electron chi connectivity index (χ2n) is 8.62. The number of amides is 2. The van der Waals surface area contributed by atoms with E-state index in [2.05, 4.69) is 5.32 Å². The molecule has 3 aromatic carbocycles. The lowest BCUT2D eigenvalue weighted by molar-refractivity contribution is -0.143. The van der Waals surface area contributed by atoms with Crippen LogP contribution in [0, 0.1) is 6.92 Å². The molecule has 0 aliphatic carbocycles. The highest BCUT2D eigenvalue weighted by atomic mass is 35.5. The number of carbonyl (C=O) groups excluding carboxylic acids is 2. The molecule has 0 aliphatic heterocycles. The van der Waals surface area contributed by atoms with Crippen molar-refractivity contribution in [3.05, 3.63) is 101 Å². The Morgan fingerprint density at radius 1 is 0.941 bits per heavy atom. The third-order valence-electron chi connectivity index (χ3n) is 5.32. The van der Waals surface area contributed by atoms with Crippen LogP contribution in [-0.4, -0.2) is 35.4 Å². The van der Waals surface area contributed by atoms with Gasteiger partial charge in [-0.05, 0) is 61.7 Å². The number of halogens is 1. The van der Waals surface area contributed by atoms with Gasteiger partial charge in [-0.2, -0.15) is 0 Å². The van der Waals surface area contributed by atoms with E-state index in [9.17, 15) is 9.59 Å². The lowest BCUT2D eigenvalue weighted by atomic mass is 10.0. The highest BCUT2D eigenvalue weighted by molar-refractivity contribution is 6.30. The first kappa shape index (κ1) is 25.3. The summed E-state index contributed by atoms with van der Waals surface area (Å²) in [5, 5.41) is 3.59. The summed E-state index contributed by atoms with van der Waals surface area (Å²) in [5.41, 5.74) is 2.89. The number of aryl methyl sites for hydroxylation is 1. The molecule has 0 spiro atoms. The summed E-state index contributed by atoms with van der Waals surface area (Å²) in [6.45, 7) is 5.87. The van der Waals surface area contributed by atoms with Crippen LogP contribution in [-0.2, 0) is 22.6 Å². The molecule has 0 unspecified atom stereocenters. The average Bonchev–Trinajstić information content (AvgIpc) is 2.81. The molecule has 0 saturated heterocycles. The normalized spacial score (nSPS) is 11.7. The minimum absolute atomic E-state index is 0.0539. The monoisotopic (exact) mass is 478 g/mol. The van der Waals surface area contributed by atoms with Crippen LogP contribution in [0.4, 0.5) is 0 Å². The highest BCUT2D eigenvalue weighted by Gasteiger charge is 2.31. The Balaban J connectivity index is 1.90. The Morgan fingerprint density at radius 2 is 1.65 bits per heavy atom. The summed E-state index contributed by atoms with van der Waals surface area (Å²) in [7, 11) is 0. The number of hydrogen-bond donors (Lipinski definition) is 1. The van der Waals surface area contributed by atoms with Gasteiger partial charge in [0.15, 0.2) is 6.61 Å². The van der Waals surface area contributed by atoms with E-state index in [0.717, 1.165) is 16.7 Å². The van der Waals surface area contributed by atoms with Gasteiger partial charge in [0, 0.05) is 24.0 Å². The quantitative estimate of drug-likeness (QED) is 0.436. The van der Waals surface area contributed by atoms with E-state index in [1.54, 1.807) is 17.0 Å². The Bertz CT molecular complexity index is 1080. The van der Waals surface area contributed by atoms with Gasteiger partial charge in [0.2, 0.25) is 5.91 Å². The molecule has 1 N–H and O–H groups in total. The molecule has 2 amide bonds. The van der Waals surface area contributed by atoms with Crippen molar-refractivity contribution in [2.24, 2.45) is 0 Å². The fourth-order valence-electron chi connectivity index (χ4n) is 3.65. The Hall–Kier alpha value is -3.31. The van der Waals surface area contributed by atoms with E-state index in [-0.39, 0.29) is 31.0 Å². The van der Waals surface area contributed by atoms with Gasteiger partial charge in [-0.1, -0.05) is 66.2 Å². The van der Waals surface area contributed by atoms with Crippen LogP contribution < -0.4 is 10.1 Å². The molecule has 0 aliphatic rings. The maximum absolute atomic E-state index is 13.5. The molecule has 1 atom stereocenters. The summed E-state index contributed by atoms with van der Waals surface area (Å²) < 4.78 is 5.80. The fraction of sp³-hybridized carbons (Fsp3) is 0.286. The van der Waals surface area contributed by atoms with E-state index in [0.29, 0.717) is 17.2 Å². The second-order valence-corrected chi connectivity index (χ2v) is 9.06. The zero-order valence-electron chi connectivity index (χ0n) is 19.8. The predicted octanol–water partition coefficient (Wildman–Crippen LogP) is 5.19. The van der Waals surface area contributed by atoms with E-state index in [1.165, 1.54) is 0 Å². The summed E-state index contributed by atoms with van der Waals surface area (Å²) in [4.78, 5) is 28.4. The molecule has 0 heterocycles. The van der Waals surface area contributed by atoms with Crippen LogP contribution in [0.5, 0.6) is 5.75 Å². The molecule has 0 bridgehead atoms. The van der Waals surface area contributed by atoms with Crippen molar-refractivity contribution in [3.8, 4) is 5.75 Å². The zero-order chi connectivity index (χ0) is 24.5. The van der Waals surface area contributed by atoms with Gasteiger partial charge in [0.1, 0.15) is 11.8 Å². The van der Waals surface area contributed by atoms with Crippen molar-refractivity contribution in [2.45, 2.75) is 45.8 Å². The molecular formula is C28H31ClN2O3. The van der Waals surface area contributed by atoms with Gasteiger partial charge >= 0.3 is 0 Å². The summed E-state index contributed by atoms with van der Waals surface area (Å²) in [6.07, 6.45) is 0.392. The van der Waals surface area contributed by atoms with Gasteiger partial charge in [0.05, 0.1) is 0 Å². The van der Waals surface area contributed by atoms with Gasteiger partial charge < -0.3 is 15.0 Å². The van der Waals surface area contributed by atoms with Gasteiger partial charge in [-0.15, -0.1) is 0 Å². The zero-order valence-corrected chi connectivity index (χ0v) is 20.6. The molecule has 0 saturated carbocycles. The summed E-state index contributed by atoms with van der Waals surface area (Å²) in [5.74, 6) is 0.152. The minimum Gasteiger partial charge on any atom is -0.484 e. The van der Waals surface area contributed by atoms with Crippen LogP contribution in [0.2, 0.25) is 5.02 Å². The number of ether oxygens (including phenoxy) is 1. The van der Waals surface area contributed by atoms with Crippen molar-refractivity contribution in [2.75, 3.05) is 6.61 Å². The van der Waals surface area contributed by atoms with E-state index in [1.807, 2.05) is 87.5 Å². The predicted molar refractivity (Wildman–Crippen MR) is 136 cm³/mol. The molecule has 0 aromatic heterocycles. The summed E-state index contributed by atoms with van der Waals surface area (Å²) >= 11 is 6.05. The minimum atomic E-state index is -0.700. The molecule has 3 aromatic rings. The number of carbonyl (C=O) groups is 2. The molecule has 0 fully saturated rings. The molecule has 3 rings (SSSR count). The smallest absolute Gasteiger partial charge is 0.261 e. The molecule has 6 heteroatoms. The first-order valence-electron chi connectivity index (χ1n) is 11.4. The van der Waals surface area contributed by atoms with Crippen LogP contribution in [0.1, 0.15) is 30.5 Å². The van der Waals surface area contributed by atoms with Crippen LogP contribution >= 0.6 is 11.6 Å². The number of nitrogens with one attached hydrogen (secondary N) is 1. The molecule has 5 nitrogen and oxygen atoms in total. The van der Waals surface area contributed by atoms with Crippen molar-refractivity contribution >= 4 is 23.4 Å². The van der Waals surface area contributed by atoms with E-state index in [4.69, 9.17) is 16.3 Å². The lowest BCUT2D eigenvalue weighted by Gasteiger charge is -2.32. The third-order valence-corrected chi connectivity index (χ3v) is 5.57. The maximum atomic E-state index is 13.5. The Morgan fingerprint density at radius 3 is 2.29 bits per heavy atom. The van der Waals surface area contributed by atoms with E-state index < -0.39 is 6.04 Å². The topological polar surface area (TPSA) is 58.6 Å². The number of nitrogens with zero attached hydrogens (tertiary/aromatic N) is 1. The number of benzene rings is 3. The number of hydrogen-bond acceptors (Lipinski definition) is 3. The molecule has 178 valence electrons. The Kier molecular flexibility index (Phi) is 9.11. The van der Waals surface area contributed by atoms with Crippen molar-refractivity contribution < 1.29 is 14.3 Å². The molecule has 0 radical (unpaired) electrons. The molecule has 34 heavy (non-hydrogen) atoms. The fourth-order valence-corrected chi connectivity index (χ4v) is 3.78. The largest absolute Gasteiger partial charge is 0.484 e. The van der Waals surface area contributed by atoms with Gasteiger partial charge in [-0.3, -0.25) is 9.59 Å². The van der Waals surface area contributed by atoms with Crippen molar-refractivity contribution in [3.63, 3.8) is 0 Å².